The summed E-state index contributed by atoms with van der Waals surface area (Å²) in [7, 11) is 0. The number of benzene rings is 3. The van der Waals surface area contributed by atoms with E-state index in [1.807, 2.05) is 18.2 Å². The van der Waals surface area contributed by atoms with Crippen molar-refractivity contribution in [1.82, 2.24) is 9.97 Å². The van der Waals surface area contributed by atoms with Crippen molar-refractivity contribution in [3.05, 3.63) is 90.1 Å². The maximum absolute atomic E-state index is 13.6. The number of rotatable bonds is 3. The van der Waals surface area contributed by atoms with Gasteiger partial charge in [-0.1, -0.05) is 24.3 Å². The molecule has 4 nitrogen and oxygen atoms in total. The van der Waals surface area contributed by atoms with Crippen LogP contribution in [0.2, 0.25) is 0 Å². The number of aromatic amines is 1. The monoisotopic (exact) mass is 513 g/mol. The van der Waals surface area contributed by atoms with E-state index in [0.717, 1.165) is 34.5 Å². The first-order valence-electron chi connectivity index (χ1n) is 11.0. The second-order valence-corrected chi connectivity index (χ2v) is 8.47. The lowest BCUT2D eigenvalue weighted by atomic mass is 9.98. The van der Waals surface area contributed by atoms with Gasteiger partial charge in [-0.15, -0.1) is 0 Å². The van der Waals surface area contributed by atoms with Crippen LogP contribution in [0, 0.1) is 6.92 Å². The molecule has 0 aliphatic rings. The Balaban J connectivity index is 1.66. The fraction of sp³-hybridized carbons (Fsp3) is 0.111. The molecule has 0 fully saturated rings. The van der Waals surface area contributed by atoms with Crippen LogP contribution in [0.15, 0.2) is 79.0 Å². The van der Waals surface area contributed by atoms with Crippen LogP contribution in [-0.4, -0.2) is 22.1 Å². The Labute approximate surface area is 206 Å². The normalized spacial score (nSPS) is 12.3. The van der Waals surface area contributed by atoms with E-state index in [4.69, 9.17) is 0 Å². The minimum atomic E-state index is -5.32. The molecular formula is C27H17F6N3O. The molecule has 37 heavy (non-hydrogen) atoms. The molecule has 0 saturated heterocycles. The maximum atomic E-state index is 13.6. The summed E-state index contributed by atoms with van der Waals surface area (Å²) < 4.78 is 80.5. The van der Waals surface area contributed by atoms with Gasteiger partial charge < -0.3 is 4.98 Å². The number of carbonyl (C=O) groups excluding carboxylic acids is 1. The molecule has 5 rings (SSSR count). The second kappa shape index (κ2) is 8.65. The number of nitrogens with zero attached hydrogens (tertiary/aromatic N) is 2. The average molecular weight is 513 g/mol. The Kier molecular flexibility index (Phi) is 5.69. The third-order valence-electron chi connectivity index (χ3n) is 6.04. The molecule has 0 spiro atoms. The van der Waals surface area contributed by atoms with Gasteiger partial charge in [-0.2, -0.15) is 26.3 Å². The third-order valence-corrected chi connectivity index (χ3v) is 6.04. The van der Waals surface area contributed by atoms with Gasteiger partial charge in [0.15, 0.2) is 0 Å². The summed E-state index contributed by atoms with van der Waals surface area (Å²) in [5.74, 6) is -2.31. The van der Waals surface area contributed by atoms with E-state index < -0.39 is 29.5 Å². The van der Waals surface area contributed by atoms with E-state index >= 15 is 0 Å². The molecule has 0 saturated carbocycles. The van der Waals surface area contributed by atoms with E-state index in [2.05, 4.69) is 9.97 Å². The smallest absolute Gasteiger partial charge is 0.339 e. The Bertz CT molecular complexity index is 1650. The first-order valence-corrected chi connectivity index (χ1v) is 11.0. The highest BCUT2D eigenvalue weighted by molar-refractivity contribution is 6.07. The Morgan fingerprint density at radius 2 is 1.59 bits per heavy atom. The van der Waals surface area contributed by atoms with E-state index in [9.17, 15) is 31.1 Å². The summed E-state index contributed by atoms with van der Waals surface area (Å²) >= 11 is 0. The lowest BCUT2D eigenvalue weighted by Gasteiger charge is -2.25. The van der Waals surface area contributed by atoms with Crippen LogP contribution >= 0.6 is 0 Å². The van der Waals surface area contributed by atoms with Crippen molar-refractivity contribution in [3.63, 3.8) is 0 Å². The maximum Gasteiger partial charge on any atom is 0.472 e. The van der Waals surface area contributed by atoms with Crippen molar-refractivity contribution in [2.24, 2.45) is 0 Å². The van der Waals surface area contributed by atoms with Gasteiger partial charge in [0.05, 0.1) is 5.56 Å². The first-order chi connectivity index (χ1) is 17.4. The number of nitrogens with one attached hydrogen (secondary N) is 1. The molecule has 3 aromatic carbocycles. The number of carbonyl (C=O) groups is 1. The zero-order valence-electron chi connectivity index (χ0n) is 19.1. The van der Waals surface area contributed by atoms with E-state index in [0.29, 0.717) is 28.4 Å². The number of aryl methyl sites for hydroxylation is 1. The quantitative estimate of drug-likeness (QED) is 0.249. The first kappa shape index (κ1) is 24.4. The Hall–Kier alpha value is -4.34. The minimum Gasteiger partial charge on any atom is -0.339 e. The molecule has 0 bridgehead atoms. The fourth-order valence-corrected chi connectivity index (χ4v) is 4.29. The summed E-state index contributed by atoms with van der Waals surface area (Å²) in [5, 5.41) is 1.81. The zero-order valence-corrected chi connectivity index (χ0v) is 19.1. The van der Waals surface area contributed by atoms with Crippen molar-refractivity contribution in [2.75, 3.05) is 4.90 Å². The standard InChI is InChI=1S/C27H17F6N3O/c1-15-7-9-19(36(25(37)27(31,32)33)18-5-2-4-17(13-18)26(28,29)30)14-22(15)16-8-10-20-21-6-3-11-34-24(21)35-23(20)12-16/h2-14H,1H3,(H,34,35). The van der Waals surface area contributed by atoms with Crippen molar-refractivity contribution < 1.29 is 31.1 Å². The molecule has 0 atom stereocenters. The van der Waals surface area contributed by atoms with Crippen molar-refractivity contribution >= 4 is 39.2 Å². The molecule has 1 N–H and O–H groups in total. The number of hydrogen-bond acceptors (Lipinski definition) is 2. The number of hydrogen-bond donors (Lipinski definition) is 1. The topological polar surface area (TPSA) is 49.0 Å². The van der Waals surface area contributed by atoms with Gasteiger partial charge >= 0.3 is 18.3 Å². The number of fused-ring (bicyclic) bond motifs is 3. The van der Waals surface area contributed by atoms with E-state index in [1.165, 1.54) is 18.2 Å². The minimum absolute atomic E-state index is 0.222. The van der Waals surface area contributed by atoms with Gasteiger partial charge in [0.1, 0.15) is 5.65 Å². The van der Waals surface area contributed by atoms with Crippen molar-refractivity contribution in [1.29, 1.82) is 0 Å². The summed E-state index contributed by atoms with van der Waals surface area (Å²) in [6, 6.07) is 16.5. The largest absolute Gasteiger partial charge is 0.472 e. The summed E-state index contributed by atoms with van der Waals surface area (Å²) in [5.41, 5.74) is 1.32. The van der Waals surface area contributed by atoms with Crippen LogP contribution in [0.5, 0.6) is 0 Å². The van der Waals surface area contributed by atoms with Gasteiger partial charge in [0, 0.05) is 33.9 Å². The predicted molar refractivity (Wildman–Crippen MR) is 128 cm³/mol. The molecule has 10 heteroatoms. The number of halogens is 6. The van der Waals surface area contributed by atoms with Gasteiger partial charge in [-0.25, -0.2) is 4.98 Å². The molecule has 2 heterocycles. The highest BCUT2D eigenvalue weighted by Gasteiger charge is 2.44. The number of pyridine rings is 1. The number of H-pyrrole nitrogens is 1. The SMILES string of the molecule is Cc1ccc(N(C(=O)C(F)(F)F)c2cccc(C(F)(F)F)c2)cc1-c1ccc2c(c1)[nH]c1ncccc12. The van der Waals surface area contributed by atoms with Crippen LogP contribution in [0.1, 0.15) is 11.1 Å². The number of aromatic nitrogens is 2. The Morgan fingerprint density at radius 1 is 0.838 bits per heavy atom. The van der Waals surface area contributed by atoms with Gasteiger partial charge in [-0.3, -0.25) is 9.69 Å². The van der Waals surface area contributed by atoms with Gasteiger partial charge in [0.25, 0.3) is 0 Å². The summed E-state index contributed by atoms with van der Waals surface area (Å²) in [6.45, 7) is 1.75. The molecular weight excluding hydrogens is 496 g/mol. The summed E-state index contributed by atoms with van der Waals surface area (Å²) in [4.78, 5) is 20.2. The lowest BCUT2D eigenvalue weighted by Crippen LogP contribution is -2.38. The number of alkyl halides is 6. The van der Waals surface area contributed by atoms with Crippen LogP contribution in [-0.2, 0) is 11.0 Å². The predicted octanol–water partition coefficient (Wildman–Crippen LogP) is 7.94. The van der Waals surface area contributed by atoms with Crippen LogP contribution in [0.3, 0.4) is 0 Å². The van der Waals surface area contributed by atoms with E-state index in [1.54, 1.807) is 25.3 Å². The summed E-state index contributed by atoms with van der Waals surface area (Å²) in [6.07, 6.45) is -8.48. The van der Waals surface area contributed by atoms with Crippen LogP contribution in [0.4, 0.5) is 37.7 Å². The number of anilines is 2. The third kappa shape index (κ3) is 4.50. The van der Waals surface area contributed by atoms with E-state index in [-0.39, 0.29) is 10.6 Å². The lowest BCUT2D eigenvalue weighted by molar-refractivity contribution is -0.169. The molecule has 0 aliphatic carbocycles. The second-order valence-electron chi connectivity index (χ2n) is 8.47. The Morgan fingerprint density at radius 3 is 2.32 bits per heavy atom. The molecule has 0 radical (unpaired) electrons. The number of amides is 1. The molecule has 0 aliphatic heterocycles. The molecule has 188 valence electrons. The van der Waals surface area contributed by atoms with Gasteiger partial charge in [0.2, 0.25) is 0 Å². The van der Waals surface area contributed by atoms with Crippen LogP contribution < -0.4 is 4.90 Å². The molecule has 0 unspecified atom stereocenters. The zero-order chi connectivity index (χ0) is 26.5. The molecule has 5 aromatic rings. The van der Waals surface area contributed by atoms with Gasteiger partial charge in [-0.05, 0) is 72.1 Å². The highest BCUT2D eigenvalue weighted by Crippen LogP contribution is 2.38. The van der Waals surface area contributed by atoms with Crippen molar-refractivity contribution in [2.45, 2.75) is 19.3 Å². The highest BCUT2D eigenvalue weighted by atomic mass is 19.4. The molecule has 2 aromatic heterocycles. The fourth-order valence-electron chi connectivity index (χ4n) is 4.29. The molecule has 1 amide bonds. The average Bonchev–Trinajstić information content (AvgIpc) is 3.22. The van der Waals surface area contributed by atoms with Crippen LogP contribution in [0.25, 0.3) is 33.1 Å². The van der Waals surface area contributed by atoms with Crippen molar-refractivity contribution in [3.8, 4) is 11.1 Å².